The molecular formula is C27H39N5O6. The summed E-state index contributed by atoms with van der Waals surface area (Å²) in [6.45, 7) is 7.28. The van der Waals surface area contributed by atoms with Gasteiger partial charge in [0.15, 0.2) is 0 Å². The number of piperazine rings is 1. The molecule has 0 aliphatic carbocycles. The predicted octanol–water partition coefficient (Wildman–Crippen LogP) is 0.734. The Morgan fingerprint density at radius 1 is 1.11 bits per heavy atom. The zero-order chi connectivity index (χ0) is 26.6. The molecule has 1 aromatic rings. The van der Waals surface area contributed by atoms with Gasteiger partial charge >= 0.3 is 6.03 Å². The third kappa shape index (κ3) is 6.05. The van der Waals surface area contributed by atoms with Crippen LogP contribution in [-0.4, -0.2) is 110 Å². The third-order valence-corrected chi connectivity index (χ3v) is 7.76. The van der Waals surface area contributed by atoms with Gasteiger partial charge < -0.3 is 35.1 Å². The van der Waals surface area contributed by atoms with E-state index in [9.17, 15) is 14.4 Å². The topological polar surface area (TPSA) is 121 Å². The predicted molar refractivity (Wildman–Crippen MR) is 139 cm³/mol. The summed E-state index contributed by atoms with van der Waals surface area (Å²) in [6.07, 6.45) is 1.67. The first-order chi connectivity index (χ1) is 18.4. The molecule has 3 N–H and O–H groups in total. The van der Waals surface area contributed by atoms with E-state index in [0.717, 1.165) is 12.8 Å². The fraction of sp³-hybridized carbons (Fsp3) is 0.667. The van der Waals surface area contributed by atoms with Crippen molar-refractivity contribution >= 4 is 17.8 Å². The van der Waals surface area contributed by atoms with Crippen LogP contribution in [0.1, 0.15) is 43.5 Å². The Morgan fingerprint density at radius 3 is 2.68 bits per heavy atom. The second-order valence-corrected chi connectivity index (χ2v) is 10.8. The number of hydrogen-bond acceptors (Lipinski definition) is 7. The number of rotatable bonds is 3. The van der Waals surface area contributed by atoms with Crippen molar-refractivity contribution in [2.24, 2.45) is 0 Å². The maximum absolute atomic E-state index is 13.7. The Labute approximate surface area is 223 Å². The highest BCUT2D eigenvalue weighted by atomic mass is 16.5. The van der Waals surface area contributed by atoms with Crippen LogP contribution in [0.3, 0.4) is 0 Å². The standard InChI is InChI=1S/C27H39N5O6/c1-17(2)29-27(35)30-21-8-7-19-9-12-37-23-6-4-3-5-20(23)26(34)32-11-10-31(18-15-36-16-18)14-22(32)25(33)28-13-24(21)38-19/h3-6,17-19,21-22,24H,7-16H2,1-2H3,(H,28,33)(H2,29,30,35)/t19-,21+,22-,24+/m0/s1. The van der Waals surface area contributed by atoms with Gasteiger partial charge in [-0.25, -0.2) is 4.79 Å². The van der Waals surface area contributed by atoms with Gasteiger partial charge in [-0.15, -0.1) is 0 Å². The second kappa shape index (κ2) is 11.9. The lowest BCUT2D eigenvalue weighted by atomic mass is 9.96. The maximum atomic E-state index is 13.7. The highest BCUT2D eigenvalue weighted by molar-refractivity contribution is 6.00. The molecule has 2 bridgehead atoms. The quantitative estimate of drug-likeness (QED) is 0.528. The first kappa shape index (κ1) is 26.7. The molecule has 0 radical (unpaired) electrons. The minimum Gasteiger partial charge on any atom is -0.493 e. The number of para-hydroxylation sites is 1. The smallest absolute Gasteiger partial charge is 0.315 e. The minimum absolute atomic E-state index is 0.00909. The normalized spacial score (nSPS) is 29.2. The largest absolute Gasteiger partial charge is 0.493 e. The maximum Gasteiger partial charge on any atom is 0.315 e. The summed E-state index contributed by atoms with van der Waals surface area (Å²) < 4.78 is 17.8. The Morgan fingerprint density at radius 2 is 1.92 bits per heavy atom. The number of ether oxygens (including phenoxy) is 3. The van der Waals surface area contributed by atoms with Crippen LogP contribution in [0, 0.1) is 0 Å². The van der Waals surface area contributed by atoms with Crippen LogP contribution in [-0.2, 0) is 14.3 Å². The van der Waals surface area contributed by atoms with Crippen molar-refractivity contribution in [3.05, 3.63) is 29.8 Å². The zero-order valence-corrected chi connectivity index (χ0v) is 22.2. The molecule has 0 unspecified atom stereocenters. The molecule has 3 saturated heterocycles. The highest BCUT2D eigenvalue weighted by Crippen LogP contribution is 2.27. The van der Waals surface area contributed by atoms with Crippen molar-refractivity contribution in [3.63, 3.8) is 0 Å². The van der Waals surface area contributed by atoms with E-state index in [1.807, 2.05) is 26.0 Å². The molecule has 0 spiro atoms. The van der Waals surface area contributed by atoms with Crippen LogP contribution in [0.2, 0.25) is 0 Å². The van der Waals surface area contributed by atoms with Gasteiger partial charge in [-0.3, -0.25) is 14.5 Å². The molecule has 11 nitrogen and oxygen atoms in total. The van der Waals surface area contributed by atoms with Crippen LogP contribution in [0.4, 0.5) is 4.79 Å². The number of urea groups is 1. The monoisotopic (exact) mass is 529 g/mol. The molecule has 208 valence electrons. The van der Waals surface area contributed by atoms with Gasteiger partial charge in [0.1, 0.15) is 11.8 Å². The van der Waals surface area contributed by atoms with E-state index in [4.69, 9.17) is 14.2 Å². The number of fused-ring (bicyclic) bond motifs is 4. The fourth-order valence-corrected chi connectivity index (χ4v) is 5.58. The molecule has 1 aromatic carbocycles. The second-order valence-electron chi connectivity index (χ2n) is 10.8. The first-order valence-corrected chi connectivity index (χ1v) is 13.7. The van der Waals surface area contributed by atoms with E-state index < -0.39 is 12.1 Å². The van der Waals surface area contributed by atoms with Crippen molar-refractivity contribution in [2.75, 3.05) is 46.0 Å². The molecule has 3 fully saturated rings. The van der Waals surface area contributed by atoms with Crippen LogP contribution < -0.4 is 20.7 Å². The van der Waals surface area contributed by atoms with Crippen molar-refractivity contribution in [2.45, 2.75) is 69.5 Å². The molecular weight excluding hydrogens is 490 g/mol. The Kier molecular flexibility index (Phi) is 8.35. The van der Waals surface area contributed by atoms with E-state index in [1.54, 1.807) is 17.0 Å². The fourth-order valence-electron chi connectivity index (χ4n) is 5.58. The number of hydrogen-bond donors (Lipinski definition) is 3. The summed E-state index contributed by atoms with van der Waals surface area (Å²) in [5, 5.41) is 8.94. The van der Waals surface area contributed by atoms with Gasteiger partial charge in [0.25, 0.3) is 5.91 Å². The summed E-state index contributed by atoms with van der Waals surface area (Å²) in [5.41, 5.74) is 0.464. The van der Waals surface area contributed by atoms with Crippen molar-refractivity contribution in [3.8, 4) is 5.75 Å². The van der Waals surface area contributed by atoms with Gasteiger partial charge in [0, 0.05) is 38.6 Å². The summed E-state index contributed by atoms with van der Waals surface area (Å²) >= 11 is 0. The van der Waals surface area contributed by atoms with Gasteiger partial charge in [0.05, 0.1) is 49.7 Å². The molecule has 4 amide bonds. The average molecular weight is 530 g/mol. The van der Waals surface area contributed by atoms with Crippen LogP contribution in [0.25, 0.3) is 0 Å². The number of nitrogens with zero attached hydrogens (tertiary/aromatic N) is 2. The van der Waals surface area contributed by atoms with Gasteiger partial charge in [-0.2, -0.15) is 0 Å². The summed E-state index contributed by atoms with van der Waals surface area (Å²) in [6, 6.07) is 6.34. The molecule has 0 aromatic heterocycles. The molecule has 11 heteroatoms. The molecule has 4 heterocycles. The van der Waals surface area contributed by atoms with Crippen molar-refractivity contribution < 1.29 is 28.6 Å². The lowest BCUT2D eigenvalue weighted by Gasteiger charge is -2.46. The Hall–Kier alpha value is -2.89. The van der Waals surface area contributed by atoms with Crippen LogP contribution in [0.5, 0.6) is 5.75 Å². The minimum atomic E-state index is -0.664. The molecule has 5 rings (SSSR count). The lowest BCUT2D eigenvalue weighted by Crippen LogP contribution is -2.65. The number of amides is 4. The molecule has 38 heavy (non-hydrogen) atoms. The summed E-state index contributed by atoms with van der Waals surface area (Å²) in [7, 11) is 0. The van der Waals surface area contributed by atoms with Gasteiger partial charge in [0.2, 0.25) is 5.91 Å². The lowest BCUT2D eigenvalue weighted by molar-refractivity contribution is -0.133. The number of carbonyl (C=O) groups is 3. The Balaban J connectivity index is 1.38. The SMILES string of the molecule is CC(C)NC(=O)N[C@@H]1CC[C@H]2CCOc3ccccc3C(=O)N3CCN(C4COC4)C[C@H]3C(=O)NC[C@H]1O2. The third-order valence-electron chi connectivity index (χ3n) is 7.76. The molecule has 0 saturated carbocycles. The van der Waals surface area contributed by atoms with E-state index in [1.165, 1.54) is 0 Å². The average Bonchev–Trinajstić information content (AvgIpc) is 2.86. The summed E-state index contributed by atoms with van der Waals surface area (Å²) in [4.78, 5) is 43.7. The van der Waals surface area contributed by atoms with E-state index in [-0.39, 0.29) is 48.6 Å². The number of benzene rings is 1. The molecule has 4 aliphatic heterocycles. The van der Waals surface area contributed by atoms with E-state index >= 15 is 0 Å². The van der Waals surface area contributed by atoms with E-state index in [0.29, 0.717) is 57.2 Å². The van der Waals surface area contributed by atoms with E-state index in [2.05, 4.69) is 20.9 Å². The molecule has 4 atom stereocenters. The van der Waals surface area contributed by atoms with Crippen LogP contribution in [0.15, 0.2) is 24.3 Å². The highest BCUT2D eigenvalue weighted by Gasteiger charge is 2.41. The summed E-state index contributed by atoms with van der Waals surface area (Å²) in [5.74, 6) is 0.0827. The van der Waals surface area contributed by atoms with Crippen molar-refractivity contribution in [1.82, 2.24) is 25.8 Å². The van der Waals surface area contributed by atoms with Crippen molar-refractivity contribution in [1.29, 1.82) is 0 Å². The van der Waals surface area contributed by atoms with Gasteiger partial charge in [-0.05, 0) is 38.8 Å². The van der Waals surface area contributed by atoms with Crippen LogP contribution >= 0.6 is 0 Å². The first-order valence-electron chi connectivity index (χ1n) is 13.7. The molecule has 4 aliphatic rings. The zero-order valence-electron chi connectivity index (χ0n) is 22.2. The number of nitrogens with one attached hydrogen (secondary N) is 3. The number of carbonyl (C=O) groups excluding carboxylic acids is 3. The Bertz CT molecular complexity index is 1020. The van der Waals surface area contributed by atoms with Gasteiger partial charge in [-0.1, -0.05) is 12.1 Å².